The minimum atomic E-state index is -0.877. The zero-order valence-electron chi connectivity index (χ0n) is 17.9. The van der Waals surface area contributed by atoms with Gasteiger partial charge < -0.3 is 25.7 Å². The summed E-state index contributed by atoms with van der Waals surface area (Å²) in [6.07, 6.45) is 0. The number of hydrogen-bond acceptors (Lipinski definition) is 8. The van der Waals surface area contributed by atoms with E-state index in [1.807, 2.05) is 30.3 Å². The molecule has 0 atom stereocenters. The smallest absolute Gasteiger partial charge is 0.385 e. The number of fused-ring (bicyclic) bond motifs is 2. The molecule has 3 aromatic rings. The number of nitrogens with two attached hydrogens (primary N) is 2. The first-order chi connectivity index (χ1) is 15.3. The van der Waals surface area contributed by atoms with Crippen molar-refractivity contribution < 1.29 is 9.21 Å². The number of hydrogen-bond donors (Lipinski definition) is 2. The topological polar surface area (TPSA) is 141 Å². The largest absolute Gasteiger partial charge is 0.424 e. The molecule has 1 amide bonds. The van der Waals surface area contributed by atoms with E-state index >= 15 is 0 Å². The van der Waals surface area contributed by atoms with Gasteiger partial charge >= 0.3 is 11.2 Å². The molecule has 162 valence electrons. The number of carbonyl (C=O) groups is 1. The Morgan fingerprint density at radius 1 is 1.16 bits per heavy atom. The van der Waals surface area contributed by atoms with E-state index in [0.717, 1.165) is 11.3 Å². The van der Waals surface area contributed by atoms with Gasteiger partial charge in [-0.25, -0.2) is 4.98 Å². The molecule has 1 fully saturated rings. The highest BCUT2D eigenvalue weighted by atomic mass is 16.4. The summed E-state index contributed by atoms with van der Waals surface area (Å²) in [4.78, 5) is 29.8. The maximum atomic E-state index is 12.4. The third-order valence-electron chi connectivity index (χ3n) is 5.46. The number of anilines is 1. The van der Waals surface area contributed by atoms with Crippen molar-refractivity contribution >= 4 is 28.9 Å². The maximum absolute atomic E-state index is 12.4. The standard InChI is InChI=1S/C22H23N8O2/c1-22(2,24)20(31)30-9-7-29(8-10-30)18-12-25-15-5-4-14(26-19(15)28-18)13-3-6-17-16(11-13)27-21(23)32-17/h3-6,11H,7-10,24H2,1-2H3,(H2,23,27)/q+1. The molecular weight excluding hydrogens is 408 g/mol. The molecule has 0 saturated carbocycles. The van der Waals surface area contributed by atoms with Gasteiger partial charge in [0.2, 0.25) is 11.4 Å². The van der Waals surface area contributed by atoms with Crippen LogP contribution >= 0.6 is 0 Å². The molecule has 0 spiro atoms. The van der Waals surface area contributed by atoms with Gasteiger partial charge in [0.15, 0.2) is 5.58 Å². The van der Waals surface area contributed by atoms with Crippen LogP contribution in [0.3, 0.4) is 0 Å². The number of nitrogens with zero attached hydrogens (tertiary/aromatic N) is 6. The summed E-state index contributed by atoms with van der Waals surface area (Å²) in [5.41, 5.74) is 14.2. The number of oxazole rings is 1. The van der Waals surface area contributed by atoms with Crippen LogP contribution in [0.5, 0.6) is 0 Å². The first kappa shape index (κ1) is 20.0. The quantitative estimate of drug-likeness (QED) is 0.516. The van der Waals surface area contributed by atoms with Crippen molar-refractivity contribution in [2.24, 2.45) is 10.7 Å². The Morgan fingerprint density at radius 3 is 2.69 bits per heavy atom. The summed E-state index contributed by atoms with van der Waals surface area (Å²) in [5.74, 6) is 3.56. The molecule has 0 bridgehead atoms. The minimum absolute atomic E-state index is 0.0529. The predicted octanol–water partition coefficient (Wildman–Crippen LogP) is -0.815. The van der Waals surface area contributed by atoms with Crippen LogP contribution in [0.25, 0.3) is 22.4 Å². The normalized spacial score (nSPS) is 15.8. The van der Waals surface area contributed by atoms with Gasteiger partial charge in [0, 0.05) is 37.8 Å². The molecule has 32 heavy (non-hydrogen) atoms. The summed E-state index contributed by atoms with van der Waals surface area (Å²) in [5, 5.41) is 0.656. The van der Waals surface area contributed by atoms with E-state index in [1.54, 1.807) is 18.7 Å². The highest BCUT2D eigenvalue weighted by Crippen LogP contribution is 2.23. The van der Waals surface area contributed by atoms with Gasteiger partial charge in [-0.05, 0) is 42.8 Å². The Bertz CT molecular complexity index is 1430. The number of carbonyl (C=O) groups excluding carboxylic acids is 1. The SMILES string of the molecule is CC(C)(N)C(=O)N1CCN(C2=C=[N+]=c3ccc(-c4ccc5oc(N)nc5c4)nc3=N2)CC1. The van der Waals surface area contributed by atoms with Crippen molar-refractivity contribution in [2.45, 2.75) is 19.4 Å². The Kier molecular flexibility index (Phi) is 4.56. The lowest BCUT2D eigenvalue weighted by molar-refractivity contribution is -0.137. The fraction of sp³-hybridized carbons (Fsp3) is 0.318. The lowest BCUT2D eigenvalue weighted by atomic mass is 10.0. The molecule has 2 aliphatic heterocycles. The van der Waals surface area contributed by atoms with Gasteiger partial charge in [-0.1, -0.05) is 0 Å². The number of nitrogen functional groups attached to an aromatic ring is 1. The van der Waals surface area contributed by atoms with Crippen LogP contribution in [0, 0.1) is 0 Å². The third-order valence-corrected chi connectivity index (χ3v) is 5.46. The average Bonchev–Trinajstić information content (AvgIpc) is 3.16. The molecule has 0 radical (unpaired) electrons. The van der Waals surface area contributed by atoms with Crippen LogP contribution in [0.2, 0.25) is 0 Å². The first-order valence-corrected chi connectivity index (χ1v) is 10.3. The van der Waals surface area contributed by atoms with Gasteiger partial charge in [0.05, 0.1) is 11.2 Å². The van der Waals surface area contributed by atoms with Crippen molar-refractivity contribution in [1.29, 1.82) is 0 Å². The molecule has 5 rings (SSSR count). The molecule has 4 N–H and O–H groups in total. The maximum Gasteiger partial charge on any atom is 0.385 e. The minimum Gasteiger partial charge on any atom is -0.424 e. The number of amides is 1. The van der Waals surface area contributed by atoms with Crippen molar-refractivity contribution in [2.75, 3.05) is 31.9 Å². The van der Waals surface area contributed by atoms with E-state index < -0.39 is 5.54 Å². The Labute approximate surface area is 183 Å². The molecule has 2 aliphatic rings. The molecular formula is C22H23N8O2+. The van der Waals surface area contributed by atoms with Gasteiger partial charge in [0.1, 0.15) is 5.52 Å². The highest BCUT2D eigenvalue weighted by Gasteiger charge is 2.31. The van der Waals surface area contributed by atoms with Crippen LogP contribution in [-0.4, -0.2) is 63.3 Å². The van der Waals surface area contributed by atoms with Crippen LogP contribution in [0.1, 0.15) is 13.8 Å². The summed E-state index contributed by atoms with van der Waals surface area (Å²) >= 11 is 0. The van der Waals surface area contributed by atoms with Crippen LogP contribution < -0.4 is 27.0 Å². The molecule has 1 saturated heterocycles. The second-order valence-electron chi connectivity index (χ2n) is 8.43. The number of benzene rings is 1. The molecule has 1 aromatic carbocycles. The molecule has 0 aliphatic carbocycles. The molecule has 10 nitrogen and oxygen atoms in total. The second-order valence-corrected chi connectivity index (χ2v) is 8.43. The van der Waals surface area contributed by atoms with Crippen LogP contribution in [-0.2, 0) is 4.79 Å². The second kappa shape index (κ2) is 7.32. The van der Waals surface area contributed by atoms with Crippen molar-refractivity contribution in [1.82, 2.24) is 24.4 Å². The number of rotatable bonds is 3. The monoisotopic (exact) mass is 431 g/mol. The predicted molar refractivity (Wildman–Crippen MR) is 119 cm³/mol. The van der Waals surface area contributed by atoms with E-state index in [9.17, 15) is 4.79 Å². The van der Waals surface area contributed by atoms with Gasteiger partial charge in [-0.2, -0.15) is 9.98 Å². The zero-order valence-corrected chi connectivity index (χ0v) is 17.9. The lowest BCUT2D eigenvalue weighted by Crippen LogP contribution is -2.56. The van der Waals surface area contributed by atoms with Crippen LogP contribution in [0.15, 0.2) is 45.6 Å². The summed E-state index contributed by atoms with van der Waals surface area (Å²) in [7, 11) is 0. The number of piperazine rings is 1. The van der Waals surface area contributed by atoms with E-state index in [1.165, 1.54) is 0 Å². The highest BCUT2D eigenvalue weighted by molar-refractivity contribution is 5.85. The van der Waals surface area contributed by atoms with Crippen molar-refractivity contribution in [3.8, 4) is 11.3 Å². The summed E-state index contributed by atoms with van der Waals surface area (Å²) < 4.78 is 9.74. The fourth-order valence-electron chi connectivity index (χ4n) is 3.78. The van der Waals surface area contributed by atoms with Gasteiger partial charge in [0.25, 0.3) is 11.8 Å². The Morgan fingerprint density at radius 2 is 1.94 bits per heavy atom. The average molecular weight is 431 g/mol. The third kappa shape index (κ3) is 3.63. The van der Waals surface area contributed by atoms with Gasteiger partial charge in [-0.3, -0.25) is 4.79 Å². The molecule has 10 heteroatoms. The van der Waals surface area contributed by atoms with E-state index in [0.29, 0.717) is 53.9 Å². The van der Waals surface area contributed by atoms with E-state index in [-0.39, 0.29) is 11.9 Å². The first-order valence-electron chi connectivity index (χ1n) is 10.3. The van der Waals surface area contributed by atoms with Gasteiger partial charge in [-0.15, -0.1) is 0 Å². The van der Waals surface area contributed by atoms with Crippen molar-refractivity contribution in [3.05, 3.63) is 47.0 Å². The molecule has 4 heterocycles. The Hall–Kier alpha value is -3.97. The Balaban J connectivity index is 1.40. The van der Waals surface area contributed by atoms with E-state index in [4.69, 9.17) is 20.9 Å². The lowest BCUT2D eigenvalue weighted by Gasteiger charge is -2.37. The number of aromatic nitrogens is 2. The molecule has 2 aromatic heterocycles. The fourth-order valence-corrected chi connectivity index (χ4v) is 3.78. The van der Waals surface area contributed by atoms with Crippen molar-refractivity contribution in [3.63, 3.8) is 0 Å². The van der Waals surface area contributed by atoms with Crippen LogP contribution in [0.4, 0.5) is 6.01 Å². The molecule has 0 unspecified atom stereocenters. The zero-order chi connectivity index (χ0) is 22.5. The van der Waals surface area contributed by atoms with E-state index in [2.05, 4.69) is 25.4 Å². The summed E-state index contributed by atoms with van der Waals surface area (Å²) in [6.45, 7) is 5.85. The number of pyridine rings is 1. The summed E-state index contributed by atoms with van der Waals surface area (Å²) in [6, 6.07) is 9.48.